The molecule has 3 N–H and O–H groups in total. The van der Waals surface area contributed by atoms with E-state index < -0.39 is 24.8 Å². The van der Waals surface area contributed by atoms with Crippen LogP contribution in [0.2, 0.25) is 0 Å². The third-order valence-electron chi connectivity index (χ3n) is 6.36. The summed E-state index contributed by atoms with van der Waals surface area (Å²) in [7, 11) is -5.72. The van der Waals surface area contributed by atoms with E-state index in [9.17, 15) is 23.2 Å². The fourth-order valence-electron chi connectivity index (χ4n) is 4.14. The molecule has 1 aromatic heterocycles. The van der Waals surface area contributed by atoms with E-state index in [0.717, 1.165) is 12.1 Å². The van der Waals surface area contributed by atoms with Crippen LogP contribution in [0.3, 0.4) is 0 Å². The smallest absolute Gasteiger partial charge is 0.399 e. The highest BCUT2D eigenvalue weighted by Crippen LogP contribution is 2.59. The molecule has 5 aromatic rings. The SMILES string of the molecule is O=C(O)c1ccc(CN(Cc2ccc(C(F)(F)P(=O)(O)O)cc2)c2nnc(-c3cccc(Oc4ccccc4)c3)o2)cc1. The van der Waals surface area contributed by atoms with Gasteiger partial charge in [-0.2, -0.15) is 8.78 Å². The number of anilines is 1. The lowest BCUT2D eigenvalue weighted by molar-refractivity contribution is 0.0564. The third kappa shape index (κ3) is 6.95. The summed E-state index contributed by atoms with van der Waals surface area (Å²) in [6.07, 6.45) is 0. The molecule has 0 unspecified atom stereocenters. The number of ether oxygens (including phenoxy) is 1. The number of carboxylic acids is 1. The van der Waals surface area contributed by atoms with Gasteiger partial charge in [-0.05, 0) is 53.6 Å². The normalized spacial score (nSPS) is 11.7. The highest BCUT2D eigenvalue weighted by Gasteiger charge is 2.50. The molecule has 13 heteroatoms. The molecular weight excluding hydrogens is 583 g/mol. The first-order valence-electron chi connectivity index (χ1n) is 12.8. The van der Waals surface area contributed by atoms with Crippen LogP contribution in [-0.2, 0) is 23.3 Å². The van der Waals surface area contributed by atoms with Gasteiger partial charge in [0.15, 0.2) is 0 Å². The Balaban J connectivity index is 1.42. The zero-order valence-electron chi connectivity index (χ0n) is 22.2. The van der Waals surface area contributed by atoms with Gasteiger partial charge in [-0.1, -0.05) is 65.8 Å². The Morgan fingerprint density at radius 1 is 0.837 bits per heavy atom. The van der Waals surface area contributed by atoms with Gasteiger partial charge in [0.25, 0.3) is 0 Å². The molecule has 220 valence electrons. The van der Waals surface area contributed by atoms with Crippen molar-refractivity contribution in [1.29, 1.82) is 0 Å². The average Bonchev–Trinajstić information content (AvgIpc) is 3.48. The second-order valence-corrected chi connectivity index (χ2v) is 11.1. The minimum Gasteiger partial charge on any atom is -0.478 e. The lowest BCUT2D eigenvalue weighted by Crippen LogP contribution is -2.22. The monoisotopic (exact) mass is 607 g/mol. The van der Waals surface area contributed by atoms with Crippen molar-refractivity contribution < 1.29 is 42.2 Å². The van der Waals surface area contributed by atoms with E-state index in [1.807, 2.05) is 30.3 Å². The molecule has 0 radical (unpaired) electrons. The molecule has 5 rings (SSSR count). The standard InChI is InChI=1S/C30H24F2N3O7P/c31-30(32,43(38,39)40)24-15-11-21(12-16-24)19-35(18-20-9-13-22(14-10-20)28(36)37)29-34-33-27(42-29)23-5-4-8-26(17-23)41-25-6-2-1-3-7-25/h1-17H,18-19H2,(H,36,37)(H2,38,39,40). The van der Waals surface area contributed by atoms with Gasteiger partial charge in [0, 0.05) is 24.2 Å². The number of hydrogen-bond donors (Lipinski definition) is 3. The summed E-state index contributed by atoms with van der Waals surface area (Å²) in [5.41, 5.74) is -3.26. The number of nitrogens with zero attached hydrogens (tertiary/aromatic N) is 3. The number of halogens is 2. The van der Waals surface area contributed by atoms with E-state index >= 15 is 0 Å². The summed E-state index contributed by atoms with van der Waals surface area (Å²) in [6.45, 7) is 0.264. The summed E-state index contributed by atoms with van der Waals surface area (Å²) in [5, 5.41) is 17.6. The van der Waals surface area contributed by atoms with E-state index in [2.05, 4.69) is 10.2 Å². The van der Waals surface area contributed by atoms with Crippen molar-refractivity contribution >= 4 is 19.6 Å². The average molecular weight is 608 g/mol. The van der Waals surface area contributed by atoms with Crippen LogP contribution in [0.1, 0.15) is 27.0 Å². The molecule has 1 heterocycles. The quantitative estimate of drug-likeness (QED) is 0.139. The summed E-state index contributed by atoms with van der Waals surface area (Å²) >= 11 is 0. The van der Waals surface area contributed by atoms with E-state index in [1.165, 1.54) is 24.3 Å². The predicted octanol–water partition coefficient (Wildman–Crippen LogP) is 6.66. The molecule has 0 amide bonds. The van der Waals surface area contributed by atoms with Crippen molar-refractivity contribution in [2.75, 3.05) is 4.90 Å². The molecular formula is C30H24F2N3O7P. The first-order valence-corrected chi connectivity index (χ1v) is 14.4. The van der Waals surface area contributed by atoms with Crippen molar-refractivity contribution in [1.82, 2.24) is 10.2 Å². The Kier molecular flexibility index (Phi) is 8.36. The van der Waals surface area contributed by atoms with Crippen LogP contribution in [0.25, 0.3) is 11.5 Å². The summed E-state index contributed by atoms with van der Waals surface area (Å²) < 4.78 is 51.5. The lowest BCUT2D eigenvalue weighted by atomic mass is 10.1. The molecule has 0 saturated carbocycles. The van der Waals surface area contributed by atoms with Gasteiger partial charge in [0.05, 0.1) is 5.56 Å². The van der Waals surface area contributed by atoms with Gasteiger partial charge in [-0.25, -0.2) is 4.79 Å². The van der Waals surface area contributed by atoms with E-state index in [-0.39, 0.29) is 30.6 Å². The van der Waals surface area contributed by atoms with Gasteiger partial charge in [-0.3, -0.25) is 4.57 Å². The molecule has 0 aliphatic carbocycles. The molecule has 0 aliphatic rings. The van der Waals surface area contributed by atoms with Crippen LogP contribution in [0.15, 0.2) is 108 Å². The maximum absolute atomic E-state index is 14.2. The predicted molar refractivity (Wildman–Crippen MR) is 152 cm³/mol. The molecule has 43 heavy (non-hydrogen) atoms. The highest BCUT2D eigenvalue weighted by molar-refractivity contribution is 7.52. The van der Waals surface area contributed by atoms with Crippen LogP contribution in [0, 0.1) is 0 Å². The number of para-hydroxylation sites is 1. The summed E-state index contributed by atoms with van der Waals surface area (Å²) in [6, 6.07) is 27.1. The summed E-state index contributed by atoms with van der Waals surface area (Å²) in [4.78, 5) is 31.0. The molecule has 10 nitrogen and oxygen atoms in total. The second-order valence-electron chi connectivity index (χ2n) is 9.47. The third-order valence-corrected chi connectivity index (χ3v) is 7.35. The largest absolute Gasteiger partial charge is 0.478 e. The van der Waals surface area contributed by atoms with Gasteiger partial charge < -0.3 is 28.9 Å². The number of alkyl halides is 2. The molecule has 0 fully saturated rings. The lowest BCUT2D eigenvalue weighted by Gasteiger charge is -2.22. The first kappa shape index (κ1) is 29.6. The Bertz CT molecular complexity index is 1760. The number of aromatic carboxylic acids is 1. The van der Waals surface area contributed by atoms with Crippen molar-refractivity contribution in [3.05, 3.63) is 125 Å². The number of rotatable bonds is 11. The number of carbonyl (C=O) groups is 1. The Labute approximate surface area is 244 Å². The van der Waals surface area contributed by atoms with Crippen molar-refractivity contribution in [2.24, 2.45) is 0 Å². The summed E-state index contributed by atoms with van der Waals surface area (Å²) in [5.74, 6) is 0.313. The molecule has 0 saturated heterocycles. The maximum Gasteiger partial charge on any atom is 0.399 e. The van der Waals surface area contributed by atoms with Crippen LogP contribution < -0.4 is 9.64 Å². The first-order chi connectivity index (χ1) is 20.5. The van der Waals surface area contributed by atoms with Crippen LogP contribution in [0.4, 0.5) is 14.8 Å². The fourth-order valence-corrected chi connectivity index (χ4v) is 4.63. The van der Waals surface area contributed by atoms with Gasteiger partial charge >= 0.3 is 25.2 Å². The number of aromatic nitrogens is 2. The van der Waals surface area contributed by atoms with E-state index in [4.69, 9.17) is 18.9 Å². The Morgan fingerprint density at radius 3 is 2.05 bits per heavy atom. The Morgan fingerprint density at radius 2 is 1.44 bits per heavy atom. The van der Waals surface area contributed by atoms with Gasteiger partial charge in [0.2, 0.25) is 5.89 Å². The molecule has 0 bridgehead atoms. The molecule has 0 spiro atoms. The second kappa shape index (κ2) is 12.1. The molecule has 4 aromatic carbocycles. The zero-order chi connectivity index (χ0) is 30.6. The molecule has 0 aliphatic heterocycles. The van der Waals surface area contributed by atoms with E-state index in [1.54, 1.807) is 41.3 Å². The van der Waals surface area contributed by atoms with Crippen LogP contribution in [0.5, 0.6) is 11.5 Å². The number of benzene rings is 4. The van der Waals surface area contributed by atoms with Gasteiger partial charge in [0.1, 0.15) is 11.5 Å². The van der Waals surface area contributed by atoms with Gasteiger partial charge in [-0.15, -0.1) is 5.10 Å². The Hall–Kier alpha value is -4.90. The number of hydrogen-bond acceptors (Lipinski definition) is 7. The number of carboxylic acid groups (broad SMARTS) is 1. The van der Waals surface area contributed by atoms with E-state index in [0.29, 0.717) is 28.2 Å². The van der Waals surface area contributed by atoms with Crippen LogP contribution >= 0.6 is 7.60 Å². The molecule has 0 atom stereocenters. The minimum absolute atomic E-state index is 0.0846. The van der Waals surface area contributed by atoms with Crippen molar-refractivity contribution in [2.45, 2.75) is 18.8 Å². The van der Waals surface area contributed by atoms with Crippen LogP contribution in [-0.4, -0.2) is 31.1 Å². The topological polar surface area (TPSA) is 146 Å². The fraction of sp³-hybridized carbons (Fsp3) is 0.100. The maximum atomic E-state index is 14.2. The zero-order valence-corrected chi connectivity index (χ0v) is 23.1. The highest BCUT2D eigenvalue weighted by atomic mass is 31.2. The minimum atomic E-state index is -5.72. The van der Waals surface area contributed by atoms with Crippen molar-refractivity contribution in [3.63, 3.8) is 0 Å². The van der Waals surface area contributed by atoms with Crippen molar-refractivity contribution in [3.8, 4) is 23.0 Å².